The molecule has 0 bridgehead atoms. The maximum absolute atomic E-state index is 12.9. The van der Waals surface area contributed by atoms with E-state index in [1.54, 1.807) is 42.5 Å². The van der Waals surface area contributed by atoms with Crippen LogP contribution in [0.5, 0.6) is 0 Å². The molecule has 150 valence electrons. The lowest BCUT2D eigenvalue weighted by Gasteiger charge is -2.10. The van der Waals surface area contributed by atoms with E-state index in [1.807, 2.05) is 13.8 Å². The van der Waals surface area contributed by atoms with Crippen LogP contribution in [-0.4, -0.2) is 14.3 Å². The van der Waals surface area contributed by atoms with E-state index in [9.17, 15) is 17.6 Å². The van der Waals surface area contributed by atoms with Gasteiger partial charge in [-0.3, -0.25) is 4.79 Å². The lowest BCUT2D eigenvalue weighted by molar-refractivity contribution is 0.102. The zero-order valence-corrected chi connectivity index (χ0v) is 16.9. The van der Waals surface area contributed by atoms with Crippen LogP contribution in [0.25, 0.3) is 0 Å². The first-order valence-electron chi connectivity index (χ1n) is 8.97. The Balaban J connectivity index is 1.63. The van der Waals surface area contributed by atoms with Crippen LogP contribution in [0, 0.1) is 19.7 Å². The molecule has 0 aromatic heterocycles. The highest BCUT2D eigenvalue weighted by Crippen LogP contribution is 2.16. The van der Waals surface area contributed by atoms with Crippen molar-refractivity contribution >= 4 is 21.6 Å². The molecular formula is C22H21FN2O3S. The highest BCUT2D eigenvalue weighted by Gasteiger charge is 2.14. The van der Waals surface area contributed by atoms with Crippen LogP contribution < -0.4 is 10.0 Å². The largest absolute Gasteiger partial charge is 0.322 e. The Morgan fingerprint density at radius 2 is 1.55 bits per heavy atom. The minimum absolute atomic E-state index is 0.106. The summed E-state index contributed by atoms with van der Waals surface area (Å²) in [5.74, 6) is -0.713. The van der Waals surface area contributed by atoms with Gasteiger partial charge in [-0.15, -0.1) is 0 Å². The topological polar surface area (TPSA) is 75.3 Å². The van der Waals surface area contributed by atoms with Crippen molar-refractivity contribution in [3.8, 4) is 0 Å². The Bertz CT molecular complexity index is 1130. The molecule has 29 heavy (non-hydrogen) atoms. The molecule has 0 atom stereocenters. The number of amides is 1. The van der Waals surface area contributed by atoms with E-state index in [4.69, 9.17) is 0 Å². The summed E-state index contributed by atoms with van der Waals surface area (Å²) in [4.78, 5) is 12.5. The summed E-state index contributed by atoms with van der Waals surface area (Å²) in [5, 5.41) is 2.68. The number of carbonyl (C=O) groups excluding carboxylic acids is 1. The van der Waals surface area contributed by atoms with Gasteiger partial charge in [0.2, 0.25) is 10.0 Å². The molecular weight excluding hydrogens is 391 g/mol. The summed E-state index contributed by atoms with van der Waals surface area (Å²) < 4.78 is 40.4. The first-order valence-corrected chi connectivity index (χ1v) is 10.5. The van der Waals surface area contributed by atoms with Gasteiger partial charge < -0.3 is 5.32 Å². The average Bonchev–Trinajstić information content (AvgIpc) is 2.70. The molecule has 0 aliphatic heterocycles. The monoisotopic (exact) mass is 412 g/mol. The molecule has 5 nitrogen and oxygen atoms in total. The molecule has 0 fully saturated rings. The van der Waals surface area contributed by atoms with Gasteiger partial charge >= 0.3 is 0 Å². The standard InChI is InChI=1S/C22H21FN2O3S/c1-15-3-12-21(13-16(15)2)29(27,28)24-14-17-4-6-18(7-5-17)22(26)25-20-10-8-19(23)9-11-20/h3-13,24H,14H2,1-2H3,(H,25,26). The number of sulfonamides is 1. The molecule has 0 aliphatic rings. The van der Waals surface area contributed by atoms with Crippen molar-refractivity contribution in [1.82, 2.24) is 4.72 Å². The summed E-state index contributed by atoms with van der Waals surface area (Å²) in [7, 11) is -3.63. The van der Waals surface area contributed by atoms with E-state index < -0.39 is 10.0 Å². The second kappa shape index (κ2) is 8.55. The lowest BCUT2D eigenvalue weighted by Crippen LogP contribution is -2.23. The highest BCUT2D eigenvalue weighted by atomic mass is 32.2. The molecule has 2 N–H and O–H groups in total. The van der Waals surface area contributed by atoms with Gasteiger partial charge in [0.15, 0.2) is 0 Å². The number of halogens is 1. The number of carbonyl (C=O) groups is 1. The van der Waals surface area contributed by atoms with E-state index in [2.05, 4.69) is 10.0 Å². The lowest BCUT2D eigenvalue weighted by atomic mass is 10.1. The number of nitrogens with one attached hydrogen (secondary N) is 2. The third-order valence-electron chi connectivity index (χ3n) is 4.57. The van der Waals surface area contributed by atoms with Crippen molar-refractivity contribution in [2.45, 2.75) is 25.3 Å². The maximum atomic E-state index is 12.9. The summed E-state index contributed by atoms with van der Waals surface area (Å²) >= 11 is 0. The minimum atomic E-state index is -3.63. The molecule has 3 aromatic rings. The Morgan fingerprint density at radius 3 is 2.17 bits per heavy atom. The van der Waals surface area contributed by atoms with Crippen LogP contribution >= 0.6 is 0 Å². The van der Waals surface area contributed by atoms with Crippen LogP contribution in [0.4, 0.5) is 10.1 Å². The predicted octanol–water partition coefficient (Wildman–Crippen LogP) is 4.17. The number of rotatable bonds is 6. The second-order valence-corrected chi connectivity index (χ2v) is 8.50. The van der Waals surface area contributed by atoms with Gasteiger partial charge in [0.1, 0.15) is 5.82 Å². The molecule has 3 rings (SSSR count). The Hall–Kier alpha value is -3.03. The third-order valence-corrected chi connectivity index (χ3v) is 5.97. The van der Waals surface area contributed by atoms with E-state index in [0.717, 1.165) is 16.7 Å². The first-order chi connectivity index (χ1) is 13.7. The molecule has 0 saturated heterocycles. The fraction of sp³-hybridized carbons (Fsp3) is 0.136. The third kappa shape index (κ3) is 5.28. The van der Waals surface area contributed by atoms with Gasteiger partial charge in [0.05, 0.1) is 4.90 Å². The first kappa shape index (κ1) is 20.7. The van der Waals surface area contributed by atoms with Crippen LogP contribution in [0.1, 0.15) is 27.0 Å². The van der Waals surface area contributed by atoms with Crippen LogP contribution in [-0.2, 0) is 16.6 Å². The maximum Gasteiger partial charge on any atom is 0.255 e. The quantitative estimate of drug-likeness (QED) is 0.638. The normalized spacial score (nSPS) is 11.3. The Kier molecular flexibility index (Phi) is 6.10. The molecule has 0 radical (unpaired) electrons. The van der Waals surface area contributed by atoms with Crippen molar-refractivity contribution in [1.29, 1.82) is 0 Å². The molecule has 7 heteroatoms. The van der Waals surface area contributed by atoms with E-state index in [1.165, 1.54) is 24.3 Å². The number of aryl methyl sites for hydroxylation is 2. The highest BCUT2D eigenvalue weighted by molar-refractivity contribution is 7.89. The average molecular weight is 412 g/mol. The van der Waals surface area contributed by atoms with Crippen molar-refractivity contribution < 1.29 is 17.6 Å². The predicted molar refractivity (Wildman–Crippen MR) is 111 cm³/mol. The summed E-state index contributed by atoms with van der Waals surface area (Å²) in [6.45, 7) is 3.89. The van der Waals surface area contributed by atoms with Crippen molar-refractivity contribution in [2.24, 2.45) is 0 Å². The smallest absolute Gasteiger partial charge is 0.255 e. The number of benzene rings is 3. The zero-order chi connectivity index (χ0) is 21.0. The number of anilines is 1. The van der Waals surface area contributed by atoms with Gasteiger partial charge in [-0.05, 0) is 79.1 Å². The van der Waals surface area contributed by atoms with Crippen molar-refractivity contribution in [3.05, 3.63) is 94.8 Å². The molecule has 0 heterocycles. The van der Waals surface area contributed by atoms with Crippen LogP contribution in [0.15, 0.2) is 71.6 Å². The second-order valence-electron chi connectivity index (χ2n) is 6.73. The Morgan fingerprint density at radius 1 is 0.897 bits per heavy atom. The number of hydrogen-bond acceptors (Lipinski definition) is 3. The molecule has 0 saturated carbocycles. The SMILES string of the molecule is Cc1ccc(S(=O)(=O)NCc2ccc(C(=O)Nc3ccc(F)cc3)cc2)cc1C. The molecule has 0 spiro atoms. The number of hydrogen-bond donors (Lipinski definition) is 2. The summed E-state index contributed by atoms with van der Waals surface area (Å²) in [5.41, 5.74) is 3.55. The van der Waals surface area contributed by atoms with Gasteiger partial charge in [0.25, 0.3) is 5.91 Å². The van der Waals surface area contributed by atoms with Gasteiger partial charge in [-0.1, -0.05) is 18.2 Å². The fourth-order valence-corrected chi connectivity index (χ4v) is 3.76. The Labute approximate surface area is 169 Å². The van der Waals surface area contributed by atoms with E-state index in [-0.39, 0.29) is 23.2 Å². The minimum Gasteiger partial charge on any atom is -0.322 e. The van der Waals surface area contributed by atoms with Gasteiger partial charge in [0, 0.05) is 17.8 Å². The van der Waals surface area contributed by atoms with E-state index >= 15 is 0 Å². The van der Waals surface area contributed by atoms with Crippen LogP contribution in [0.2, 0.25) is 0 Å². The summed E-state index contributed by atoms with van der Waals surface area (Å²) in [6.07, 6.45) is 0. The van der Waals surface area contributed by atoms with Crippen molar-refractivity contribution in [2.75, 3.05) is 5.32 Å². The van der Waals surface area contributed by atoms with Crippen molar-refractivity contribution in [3.63, 3.8) is 0 Å². The summed E-state index contributed by atoms with van der Waals surface area (Å²) in [6, 6.07) is 17.1. The fourth-order valence-electron chi connectivity index (χ4n) is 2.65. The van der Waals surface area contributed by atoms with Crippen LogP contribution in [0.3, 0.4) is 0 Å². The molecule has 1 amide bonds. The van der Waals surface area contributed by atoms with Gasteiger partial charge in [-0.25, -0.2) is 17.5 Å². The zero-order valence-electron chi connectivity index (χ0n) is 16.1. The molecule has 0 unspecified atom stereocenters. The van der Waals surface area contributed by atoms with Gasteiger partial charge in [-0.2, -0.15) is 0 Å². The molecule has 0 aliphatic carbocycles. The van der Waals surface area contributed by atoms with E-state index in [0.29, 0.717) is 11.3 Å². The molecule has 3 aromatic carbocycles.